The standard InChI is InChI=1S/C31H38N4O4S/c1-3-4-16-26(27(36)28(37)33-23(2)24-12-7-5-8-13-24)34-30(38)39-21-31(17-11-18-31)22-40-29-32-19-20-35(29)25-14-9-6-10-15-25/h5-10,12-15,19-20,23,26H,3-4,11,16-18,21-22H2,1-2H3,(H,33,37)(H,34,38)/t23-,26+/m1/s1. The number of hydrogen-bond donors (Lipinski definition) is 2. The molecule has 9 heteroatoms. The number of Topliss-reactive ketones (excluding diaryl/α,β-unsaturated/α-hetero) is 1. The molecule has 2 N–H and O–H groups in total. The van der Waals surface area contributed by atoms with Crippen molar-refractivity contribution in [3.63, 3.8) is 0 Å². The number of carbonyl (C=O) groups excluding carboxylic acids is 3. The van der Waals surface area contributed by atoms with Crippen molar-refractivity contribution in [3.8, 4) is 5.69 Å². The lowest BCUT2D eigenvalue weighted by atomic mass is 9.71. The van der Waals surface area contributed by atoms with Gasteiger partial charge in [0.25, 0.3) is 5.91 Å². The Kier molecular flexibility index (Phi) is 10.4. The Balaban J connectivity index is 1.31. The van der Waals surface area contributed by atoms with E-state index in [1.54, 1.807) is 18.0 Å². The zero-order chi connectivity index (χ0) is 28.4. The third kappa shape index (κ3) is 7.75. The van der Waals surface area contributed by atoms with Crippen LogP contribution >= 0.6 is 11.8 Å². The molecule has 3 aromatic rings. The Labute approximate surface area is 240 Å². The van der Waals surface area contributed by atoms with Gasteiger partial charge < -0.3 is 15.4 Å². The van der Waals surface area contributed by atoms with Crippen molar-refractivity contribution in [2.24, 2.45) is 5.41 Å². The summed E-state index contributed by atoms with van der Waals surface area (Å²) in [5.74, 6) is -0.601. The molecule has 0 aliphatic heterocycles. The lowest BCUT2D eigenvalue weighted by molar-refractivity contribution is -0.139. The number of nitrogens with one attached hydrogen (secondary N) is 2. The maximum atomic E-state index is 13.0. The van der Waals surface area contributed by atoms with Crippen molar-refractivity contribution in [1.82, 2.24) is 20.2 Å². The minimum Gasteiger partial charge on any atom is -0.449 e. The minimum absolute atomic E-state index is 0.138. The molecule has 1 aliphatic rings. The highest BCUT2D eigenvalue weighted by Crippen LogP contribution is 2.45. The van der Waals surface area contributed by atoms with Crippen molar-refractivity contribution in [1.29, 1.82) is 0 Å². The number of nitrogens with zero attached hydrogens (tertiary/aromatic N) is 2. The van der Waals surface area contributed by atoms with Crippen LogP contribution in [0.5, 0.6) is 0 Å². The molecule has 1 saturated carbocycles. The van der Waals surface area contributed by atoms with Crippen molar-refractivity contribution in [2.75, 3.05) is 12.4 Å². The third-order valence-electron chi connectivity index (χ3n) is 7.40. The van der Waals surface area contributed by atoms with E-state index in [1.165, 1.54) is 0 Å². The Morgan fingerprint density at radius 1 is 1.05 bits per heavy atom. The largest absolute Gasteiger partial charge is 0.449 e. The summed E-state index contributed by atoms with van der Waals surface area (Å²) in [5, 5.41) is 6.32. The van der Waals surface area contributed by atoms with Gasteiger partial charge in [0.2, 0.25) is 5.78 Å². The van der Waals surface area contributed by atoms with E-state index in [0.29, 0.717) is 12.8 Å². The Morgan fingerprint density at radius 3 is 2.40 bits per heavy atom. The van der Waals surface area contributed by atoms with Gasteiger partial charge in [-0.25, -0.2) is 9.78 Å². The van der Waals surface area contributed by atoms with Gasteiger partial charge >= 0.3 is 6.09 Å². The lowest BCUT2D eigenvalue weighted by Gasteiger charge is -2.40. The molecule has 8 nitrogen and oxygen atoms in total. The summed E-state index contributed by atoms with van der Waals surface area (Å²) in [6.07, 6.45) is 7.97. The molecule has 2 aromatic carbocycles. The van der Waals surface area contributed by atoms with Crippen molar-refractivity contribution >= 4 is 29.5 Å². The van der Waals surface area contributed by atoms with Crippen LogP contribution in [0.3, 0.4) is 0 Å². The number of benzene rings is 2. The van der Waals surface area contributed by atoms with Crippen LogP contribution in [0.1, 0.15) is 64.0 Å². The van der Waals surface area contributed by atoms with Crippen molar-refractivity contribution in [2.45, 2.75) is 69.6 Å². The maximum Gasteiger partial charge on any atom is 0.407 e. The number of carbonyl (C=O) groups is 3. The van der Waals surface area contributed by atoms with Gasteiger partial charge in [0, 0.05) is 29.2 Å². The predicted molar refractivity (Wildman–Crippen MR) is 156 cm³/mol. The first-order chi connectivity index (χ1) is 19.4. The van der Waals surface area contributed by atoms with Gasteiger partial charge in [-0.15, -0.1) is 0 Å². The van der Waals surface area contributed by atoms with E-state index in [9.17, 15) is 14.4 Å². The second kappa shape index (κ2) is 14.2. The highest BCUT2D eigenvalue weighted by Gasteiger charge is 2.39. The molecule has 0 radical (unpaired) electrons. The van der Waals surface area contributed by atoms with E-state index in [4.69, 9.17) is 4.74 Å². The first-order valence-corrected chi connectivity index (χ1v) is 14.9. The highest BCUT2D eigenvalue weighted by molar-refractivity contribution is 7.99. The molecule has 1 aromatic heterocycles. The molecule has 2 atom stereocenters. The predicted octanol–water partition coefficient (Wildman–Crippen LogP) is 5.87. The smallest absolute Gasteiger partial charge is 0.407 e. The average Bonchev–Trinajstić information content (AvgIpc) is 3.43. The van der Waals surface area contributed by atoms with Gasteiger partial charge in [-0.2, -0.15) is 0 Å². The molecule has 1 aliphatic carbocycles. The molecule has 2 amide bonds. The van der Waals surface area contributed by atoms with Crippen LogP contribution in [0.25, 0.3) is 5.69 Å². The first kappa shape index (κ1) is 29.4. The van der Waals surface area contributed by atoms with E-state index in [-0.39, 0.29) is 18.1 Å². The van der Waals surface area contributed by atoms with Crippen LogP contribution in [0.15, 0.2) is 78.2 Å². The van der Waals surface area contributed by atoms with E-state index >= 15 is 0 Å². The Hall–Kier alpha value is -3.59. The number of hydrogen-bond acceptors (Lipinski definition) is 6. The zero-order valence-electron chi connectivity index (χ0n) is 23.2. The van der Waals surface area contributed by atoms with Gasteiger partial charge in [0.1, 0.15) is 6.04 Å². The molecule has 1 fully saturated rings. The molecule has 0 saturated heterocycles. The lowest BCUT2D eigenvalue weighted by Crippen LogP contribution is -2.49. The SMILES string of the molecule is CCCC[C@H](NC(=O)OCC1(CSc2nccn2-c2ccccc2)CCC1)C(=O)C(=O)N[C@H](C)c1ccccc1. The molecule has 4 rings (SSSR count). The summed E-state index contributed by atoms with van der Waals surface area (Å²) < 4.78 is 7.70. The molecule has 0 spiro atoms. The number of unbranched alkanes of at least 4 members (excludes halogenated alkanes) is 1. The summed E-state index contributed by atoms with van der Waals surface area (Å²) in [4.78, 5) is 43.1. The minimum atomic E-state index is -0.930. The summed E-state index contributed by atoms with van der Waals surface area (Å²) in [6, 6.07) is 18.2. The second-order valence-electron chi connectivity index (χ2n) is 10.4. The van der Waals surface area contributed by atoms with Crippen molar-refractivity contribution in [3.05, 3.63) is 78.6 Å². The fourth-order valence-corrected chi connectivity index (χ4v) is 5.99. The van der Waals surface area contributed by atoms with Crippen LogP contribution in [0, 0.1) is 5.41 Å². The van der Waals surface area contributed by atoms with E-state index < -0.39 is 23.8 Å². The highest BCUT2D eigenvalue weighted by atomic mass is 32.2. The Morgan fingerprint density at radius 2 is 1.75 bits per heavy atom. The molecular formula is C31H38N4O4S. The van der Waals surface area contributed by atoms with Crippen LogP contribution < -0.4 is 10.6 Å². The van der Waals surface area contributed by atoms with E-state index in [1.807, 2.05) is 80.7 Å². The second-order valence-corrected chi connectivity index (χ2v) is 11.4. The number of aromatic nitrogens is 2. The fourth-order valence-electron chi connectivity index (χ4n) is 4.74. The molecular weight excluding hydrogens is 524 g/mol. The molecule has 0 unspecified atom stereocenters. The van der Waals surface area contributed by atoms with Crippen LogP contribution in [0.2, 0.25) is 0 Å². The first-order valence-electron chi connectivity index (χ1n) is 14.0. The monoisotopic (exact) mass is 562 g/mol. The van der Waals surface area contributed by atoms with E-state index in [0.717, 1.165) is 47.8 Å². The summed E-state index contributed by atoms with van der Waals surface area (Å²) in [5.41, 5.74) is 1.81. The average molecular weight is 563 g/mol. The molecule has 1 heterocycles. The topological polar surface area (TPSA) is 102 Å². The molecule has 212 valence electrons. The van der Waals surface area contributed by atoms with Gasteiger partial charge in [-0.3, -0.25) is 14.2 Å². The van der Waals surface area contributed by atoms with Gasteiger partial charge in [-0.1, -0.05) is 86.5 Å². The number of para-hydroxylation sites is 1. The number of rotatable bonds is 14. The number of amides is 2. The number of ether oxygens (including phenoxy) is 1. The zero-order valence-corrected chi connectivity index (χ0v) is 24.0. The maximum absolute atomic E-state index is 13.0. The summed E-state index contributed by atoms with van der Waals surface area (Å²) in [7, 11) is 0. The van der Waals surface area contributed by atoms with Crippen LogP contribution in [0.4, 0.5) is 4.79 Å². The van der Waals surface area contributed by atoms with Crippen LogP contribution in [-0.2, 0) is 14.3 Å². The fraction of sp³-hybridized carbons (Fsp3) is 0.419. The molecule has 40 heavy (non-hydrogen) atoms. The third-order valence-corrected chi connectivity index (χ3v) is 8.72. The number of alkyl carbamates (subject to hydrolysis) is 1. The van der Waals surface area contributed by atoms with E-state index in [2.05, 4.69) is 20.2 Å². The van der Waals surface area contributed by atoms with Gasteiger partial charge in [0.05, 0.1) is 12.6 Å². The van der Waals surface area contributed by atoms with Gasteiger partial charge in [-0.05, 0) is 43.9 Å². The van der Waals surface area contributed by atoms with Crippen LogP contribution in [-0.4, -0.2) is 45.7 Å². The quantitative estimate of drug-likeness (QED) is 0.188. The summed E-state index contributed by atoms with van der Waals surface area (Å²) in [6.45, 7) is 4.08. The van der Waals surface area contributed by atoms with Crippen molar-refractivity contribution < 1.29 is 19.1 Å². The molecule has 0 bridgehead atoms. The number of imidazole rings is 1. The van der Waals surface area contributed by atoms with Gasteiger partial charge in [0.15, 0.2) is 5.16 Å². The summed E-state index contributed by atoms with van der Waals surface area (Å²) >= 11 is 1.65. The number of ketones is 1. The number of thioether (sulfide) groups is 1. The Bertz CT molecular complexity index is 1260. The normalized spacial score (nSPS) is 15.3.